The SMILES string of the molecule is CC(C)N([C@@H](C)c1noc(C(C)(C)C)n1)S(=O)(=O)c1ccc(C(F)(F)F)cc1Cl. The molecule has 0 fully saturated rings. The van der Waals surface area contributed by atoms with Crippen LogP contribution in [0.4, 0.5) is 13.2 Å². The lowest BCUT2D eigenvalue weighted by atomic mass is 9.97. The molecule has 1 aromatic heterocycles. The van der Waals surface area contributed by atoms with E-state index in [1.807, 2.05) is 20.8 Å². The number of hydrogen-bond acceptors (Lipinski definition) is 5. The summed E-state index contributed by atoms with van der Waals surface area (Å²) in [5.74, 6) is 0.489. The van der Waals surface area contributed by atoms with E-state index in [1.54, 1.807) is 20.8 Å². The molecule has 0 bridgehead atoms. The van der Waals surface area contributed by atoms with E-state index in [-0.39, 0.29) is 5.82 Å². The fourth-order valence-electron chi connectivity index (χ4n) is 2.76. The molecule has 0 amide bonds. The van der Waals surface area contributed by atoms with Crippen LogP contribution in [0.25, 0.3) is 0 Å². The van der Waals surface area contributed by atoms with Gasteiger partial charge in [-0.15, -0.1) is 0 Å². The molecule has 29 heavy (non-hydrogen) atoms. The lowest BCUT2D eigenvalue weighted by molar-refractivity contribution is -0.137. The van der Waals surface area contributed by atoms with E-state index in [4.69, 9.17) is 16.1 Å². The van der Waals surface area contributed by atoms with Gasteiger partial charge in [0.15, 0.2) is 5.82 Å². The molecular formula is C18H23ClF3N3O3S. The van der Waals surface area contributed by atoms with Crippen LogP contribution < -0.4 is 0 Å². The summed E-state index contributed by atoms with van der Waals surface area (Å²) in [4.78, 5) is 3.87. The second-order valence-electron chi connectivity index (χ2n) is 7.96. The van der Waals surface area contributed by atoms with Crippen molar-refractivity contribution in [2.45, 2.75) is 70.1 Å². The Hall–Kier alpha value is -1.65. The van der Waals surface area contributed by atoms with Crippen molar-refractivity contribution in [3.05, 3.63) is 40.5 Å². The number of nitrogens with zero attached hydrogens (tertiary/aromatic N) is 3. The maximum Gasteiger partial charge on any atom is 0.416 e. The van der Waals surface area contributed by atoms with E-state index in [2.05, 4.69) is 10.1 Å². The number of sulfonamides is 1. The fourth-order valence-corrected chi connectivity index (χ4v) is 5.07. The lowest BCUT2D eigenvalue weighted by Crippen LogP contribution is -2.39. The second-order valence-corrected chi connectivity index (χ2v) is 10.2. The first-order valence-electron chi connectivity index (χ1n) is 8.81. The molecule has 0 unspecified atom stereocenters. The summed E-state index contributed by atoms with van der Waals surface area (Å²) in [5, 5.41) is 3.38. The molecule has 0 N–H and O–H groups in total. The summed E-state index contributed by atoms with van der Waals surface area (Å²) < 4.78 is 71.5. The lowest BCUT2D eigenvalue weighted by Gasteiger charge is -2.30. The summed E-state index contributed by atoms with van der Waals surface area (Å²) in [7, 11) is -4.25. The summed E-state index contributed by atoms with van der Waals surface area (Å²) in [6.07, 6.45) is -4.63. The highest BCUT2D eigenvalue weighted by molar-refractivity contribution is 7.89. The minimum atomic E-state index is -4.63. The predicted molar refractivity (Wildman–Crippen MR) is 102 cm³/mol. The van der Waals surface area contributed by atoms with Gasteiger partial charge >= 0.3 is 6.18 Å². The maximum atomic E-state index is 13.2. The molecule has 2 aromatic rings. The smallest absolute Gasteiger partial charge is 0.339 e. The number of benzene rings is 1. The number of hydrogen-bond donors (Lipinski definition) is 0. The number of halogens is 4. The Morgan fingerprint density at radius 2 is 1.72 bits per heavy atom. The standard InChI is InChI=1S/C18H23ClF3N3O3S/c1-10(2)25(11(3)15-23-16(28-24-15)17(4,5)6)29(26,27)14-8-7-12(9-13(14)19)18(20,21)22/h7-11H,1-6H3/t11-/m0/s1. The number of rotatable bonds is 5. The Balaban J connectivity index is 2.50. The van der Waals surface area contributed by atoms with Crippen molar-refractivity contribution < 1.29 is 26.1 Å². The average molecular weight is 454 g/mol. The molecule has 2 rings (SSSR count). The van der Waals surface area contributed by atoms with Gasteiger partial charge in [-0.25, -0.2) is 8.42 Å². The van der Waals surface area contributed by atoms with Crippen molar-refractivity contribution in [1.29, 1.82) is 0 Å². The van der Waals surface area contributed by atoms with Crippen molar-refractivity contribution in [3.8, 4) is 0 Å². The Morgan fingerprint density at radius 1 is 1.14 bits per heavy atom. The van der Waals surface area contributed by atoms with Gasteiger partial charge in [0.1, 0.15) is 4.90 Å². The number of alkyl halides is 3. The molecule has 1 aromatic carbocycles. The molecule has 0 saturated heterocycles. The van der Waals surface area contributed by atoms with Gasteiger partial charge in [-0.1, -0.05) is 37.5 Å². The van der Waals surface area contributed by atoms with Crippen LogP contribution in [0.1, 0.15) is 64.9 Å². The third-order valence-electron chi connectivity index (χ3n) is 4.16. The van der Waals surface area contributed by atoms with Crippen LogP contribution in [0.15, 0.2) is 27.6 Å². The summed E-state index contributed by atoms with van der Waals surface area (Å²) in [6.45, 7) is 10.5. The molecule has 6 nitrogen and oxygen atoms in total. The van der Waals surface area contributed by atoms with Crippen molar-refractivity contribution >= 4 is 21.6 Å². The molecule has 0 saturated carbocycles. The van der Waals surface area contributed by atoms with E-state index in [9.17, 15) is 21.6 Å². The quantitative estimate of drug-likeness (QED) is 0.621. The van der Waals surface area contributed by atoms with Gasteiger partial charge < -0.3 is 4.52 Å². The molecular weight excluding hydrogens is 431 g/mol. The van der Waals surface area contributed by atoms with Crippen LogP contribution in [-0.4, -0.2) is 28.9 Å². The van der Waals surface area contributed by atoms with E-state index >= 15 is 0 Å². The Morgan fingerprint density at radius 3 is 2.14 bits per heavy atom. The van der Waals surface area contributed by atoms with Crippen molar-refractivity contribution in [3.63, 3.8) is 0 Å². The highest BCUT2D eigenvalue weighted by Gasteiger charge is 2.38. The van der Waals surface area contributed by atoms with Crippen molar-refractivity contribution in [2.75, 3.05) is 0 Å². The predicted octanol–water partition coefficient (Wildman–Crippen LogP) is 5.20. The molecule has 0 aliphatic rings. The summed E-state index contributed by atoms with van der Waals surface area (Å²) in [6, 6.07) is 0.764. The van der Waals surface area contributed by atoms with Crippen molar-refractivity contribution in [2.24, 2.45) is 0 Å². The second kappa shape index (κ2) is 7.88. The molecule has 11 heteroatoms. The number of aromatic nitrogens is 2. The Bertz CT molecular complexity index is 982. The normalized spacial score (nSPS) is 14.6. The van der Waals surface area contributed by atoms with Gasteiger partial charge in [0.2, 0.25) is 15.9 Å². The van der Waals surface area contributed by atoms with Crippen LogP contribution in [-0.2, 0) is 21.6 Å². The molecule has 0 radical (unpaired) electrons. The highest BCUT2D eigenvalue weighted by Crippen LogP contribution is 2.36. The summed E-state index contributed by atoms with van der Waals surface area (Å²) >= 11 is 5.93. The minimum absolute atomic E-state index is 0.148. The van der Waals surface area contributed by atoms with Crippen LogP contribution in [0.3, 0.4) is 0 Å². The molecule has 1 heterocycles. The topological polar surface area (TPSA) is 76.3 Å². The van der Waals surface area contributed by atoms with Gasteiger partial charge in [-0.3, -0.25) is 0 Å². The largest absolute Gasteiger partial charge is 0.416 e. The zero-order chi connectivity index (χ0) is 22.4. The third kappa shape index (κ3) is 4.92. The van der Waals surface area contributed by atoms with Gasteiger partial charge in [-0.05, 0) is 39.0 Å². The monoisotopic (exact) mass is 453 g/mol. The first kappa shape index (κ1) is 23.6. The van der Waals surface area contributed by atoms with Crippen molar-refractivity contribution in [1.82, 2.24) is 14.4 Å². The van der Waals surface area contributed by atoms with Crippen LogP contribution in [0, 0.1) is 0 Å². The van der Waals surface area contributed by atoms with Crippen LogP contribution in [0.2, 0.25) is 5.02 Å². The molecule has 0 aliphatic carbocycles. The summed E-state index contributed by atoms with van der Waals surface area (Å²) in [5.41, 5.74) is -1.46. The van der Waals surface area contributed by atoms with Gasteiger partial charge in [0.05, 0.1) is 16.6 Å². The van der Waals surface area contributed by atoms with E-state index < -0.39 is 49.2 Å². The fraction of sp³-hybridized carbons (Fsp3) is 0.556. The first-order valence-corrected chi connectivity index (χ1v) is 10.6. The Labute approximate surface area is 173 Å². The first-order chi connectivity index (χ1) is 13.1. The van der Waals surface area contributed by atoms with Gasteiger partial charge in [0, 0.05) is 11.5 Å². The third-order valence-corrected chi connectivity index (χ3v) is 6.79. The van der Waals surface area contributed by atoms with Gasteiger partial charge in [0.25, 0.3) is 0 Å². The molecule has 162 valence electrons. The van der Waals surface area contributed by atoms with E-state index in [0.717, 1.165) is 10.4 Å². The molecule has 0 spiro atoms. The zero-order valence-corrected chi connectivity index (χ0v) is 18.4. The Kier molecular flexibility index (Phi) is 6.42. The van der Waals surface area contributed by atoms with Crippen LogP contribution >= 0.6 is 11.6 Å². The average Bonchev–Trinajstić information content (AvgIpc) is 3.03. The zero-order valence-electron chi connectivity index (χ0n) is 16.9. The molecule has 0 aliphatic heterocycles. The molecule has 1 atom stereocenters. The van der Waals surface area contributed by atoms with E-state index in [0.29, 0.717) is 18.0 Å². The van der Waals surface area contributed by atoms with Crippen LogP contribution in [0.5, 0.6) is 0 Å². The highest BCUT2D eigenvalue weighted by atomic mass is 35.5. The maximum absolute atomic E-state index is 13.2. The van der Waals surface area contributed by atoms with Gasteiger partial charge in [-0.2, -0.15) is 22.5 Å². The minimum Gasteiger partial charge on any atom is -0.339 e. The van der Waals surface area contributed by atoms with E-state index in [1.165, 1.54) is 0 Å².